The molecule has 1 saturated carbocycles. The van der Waals surface area contributed by atoms with Gasteiger partial charge in [0.2, 0.25) is 0 Å². The van der Waals surface area contributed by atoms with Crippen LogP contribution in [0.2, 0.25) is 0 Å². The predicted octanol–water partition coefficient (Wildman–Crippen LogP) is 1.75. The number of anilines is 2. The number of piperazine rings is 1. The summed E-state index contributed by atoms with van der Waals surface area (Å²) in [5.41, 5.74) is 2.49. The number of nitrogens with zero attached hydrogens (tertiary/aromatic N) is 5. The molecule has 1 aliphatic carbocycles. The van der Waals surface area contributed by atoms with Crippen LogP contribution in [-0.2, 0) is 0 Å². The van der Waals surface area contributed by atoms with Gasteiger partial charge in [0.25, 0.3) is 5.91 Å². The molecule has 2 aromatic rings. The average Bonchev–Trinajstić information content (AvgIpc) is 3.48. The second kappa shape index (κ2) is 6.76. The Balaban J connectivity index is 1.49. The van der Waals surface area contributed by atoms with E-state index in [-0.39, 0.29) is 5.91 Å². The van der Waals surface area contributed by atoms with Crippen LogP contribution in [0.5, 0.6) is 0 Å². The molecule has 0 radical (unpaired) electrons. The van der Waals surface area contributed by atoms with E-state index in [1.54, 1.807) is 12.4 Å². The second-order valence-electron chi connectivity index (χ2n) is 6.74. The van der Waals surface area contributed by atoms with Crippen LogP contribution in [0.15, 0.2) is 30.9 Å². The van der Waals surface area contributed by atoms with Gasteiger partial charge in [-0.1, -0.05) is 0 Å². The Morgan fingerprint density at radius 1 is 1.20 bits per heavy atom. The number of likely N-dealkylation sites (N-methyl/N-ethyl adjacent to an activating group) is 1. The summed E-state index contributed by atoms with van der Waals surface area (Å²) in [6.07, 6.45) is 7.03. The van der Waals surface area contributed by atoms with E-state index in [9.17, 15) is 4.79 Å². The van der Waals surface area contributed by atoms with Gasteiger partial charge in [0.1, 0.15) is 12.1 Å². The van der Waals surface area contributed by atoms with Gasteiger partial charge < -0.3 is 15.1 Å². The van der Waals surface area contributed by atoms with E-state index in [4.69, 9.17) is 0 Å². The molecule has 2 aliphatic rings. The Labute approximate surface area is 147 Å². The Hall–Kier alpha value is -2.54. The molecule has 1 amide bonds. The van der Waals surface area contributed by atoms with E-state index in [0.717, 1.165) is 50.4 Å². The monoisotopic (exact) mass is 338 g/mol. The smallest absolute Gasteiger partial charge is 0.260 e. The fourth-order valence-corrected chi connectivity index (χ4v) is 3.13. The molecule has 0 spiro atoms. The van der Waals surface area contributed by atoms with Gasteiger partial charge in [-0.3, -0.25) is 4.79 Å². The molecule has 0 aromatic carbocycles. The topological polar surface area (TPSA) is 74.2 Å². The summed E-state index contributed by atoms with van der Waals surface area (Å²) in [5.74, 6) is 0.769. The van der Waals surface area contributed by atoms with Crippen LogP contribution >= 0.6 is 0 Å². The molecule has 1 N–H and O–H groups in total. The van der Waals surface area contributed by atoms with Crippen LogP contribution in [0, 0.1) is 0 Å². The lowest BCUT2D eigenvalue weighted by Crippen LogP contribution is -2.44. The van der Waals surface area contributed by atoms with Crippen molar-refractivity contribution in [2.75, 3.05) is 43.4 Å². The fourth-order valence-electron chi connectivity index (χ4n) is 3.13. The Morgan fingerprint density at radius 3 is 2.76 bits per heavy atom. The van der Waals surface area contributed by atoms with Crippen LogP contribution < -0.4 is 10.2 Å². The van der Waals surface area contributed by atoms with Gasteiger partial charge in [-0.25, -0.2) is 15.0 Å². The first kappa shape index (κ1) is 16.0. The van der Waals surface area contributed by atoms with Crippen molar-refractivity contribution in [2.24, 2.45) is 0 Å². The van der Waals surface area contributed by atoms with Crippen molar-refractivity contribution >= 4 is 17.4 Å². The molecule has 0 bridgehead atoms. The molecule has 1 aliphatic heterocycles. The molecule has 25 heavy (non-hydrogen) atoms. The maximum atomic E-state index is 12.6. The molecule has 4 rings (SSSR count). The first-order valence-electron chi connectivity index (χ1n) is 8.71. The molecular weight excluding hydrogens is 316 g/mol. The number of hydrogen-bond donors (Lipinski definition) is 1. The summed E-state index contributed by atoms with van der Waals surface area (Å²) in [4.78, 5) is 29.9. The van der Waals surface area contributed by atoms with Gasteiger partial charge in [-0.15, -0.1) is 0 Å². The molecule has 3 heterocycles. The maximum absolute atomic E-state index is 12.6. The number of aromatic nitrogens is 3. The van der Waals surface area contributed by atoms with E-state index in [2.05, 4.69) is 37.1 Å². The van der Waals surface area contributed by atoms with Crippen molar-refractivity contribution in [3.8, 4) is 0 Å². The molecule has 0 atom stereocenters. The number of rotatable bonds is 4. The normalized spacial score (nSPS) is 18.2. The summed E-state index contributed by atoms with van der Waals surface area (Å²) in [5, 5.41) is 2.90. The quantitative estimate of drug-likeness (QED) is 0.915. The fraction of sp³-hybridized carbons (Fsp3) is 0.444. The Bertz CT molecular complexity index is 768. The summed E-state index contributed by atoms with van der Waals surface area (Å²) in [6, 6.07) is 3.92. The number of carbonyl (C=O) groups excluding carboxylic acids is 1. The van der Waals surface area contributed by atoms with Crippen LogP contribution in [0.4, 0.5) is 11.5 Å². The van der Waals surface area contributed by atoms with E-state index in [1.807, 2.05) is 12.1 Å². The minimum atomic E-state index is -0.189. The van der Waals surface area contributed by atoms with Crippen LogP contribution in [0.3, 0.4) is 0 Å². The molecule has 7 heteroatoms. The third kappa shape index (κ3) is 3.61. The summed E-state index contributed by atoms with van der Waals surface area (Å²) < 4.78 is 0. The van der Waals surface area contributed by atoms with Crippen molar-refractivity contribution in [3.63, 3.8) is 0 Å². The predicted molar refractivity (Wildman–Crippen MR) is 95.9 cm³/mol. The van der Waals surface area contributed by atoms with Crippen LogP contribution in [0.25, 0.3) is 0 Å². The van der Waals surface area contributed by atoms with Gasteiger partial charge in [0.15, 0.2) is 0 Å². The largest absolute Gasteiger partial charge is 0.369 e. The molecule has 2 fully saturated rings. The van der Waals surface area contributed by atoms with Crippen LogP contribution in [0.1, 0.15) is 34.8 Å². The minimum absolute atomic E-state index is 0.189. The lowest BCUT2D eigenvalue weighted by atomic mass is 10.1. The van der Waals surface area contributed by atoms with Gasteiger partial charge in [-0.05, 0) is 26.0 Å². The highest BCUT2D eigenvalue weighted by atomic mass is 16.1. The number of amides is 1. The molecular formula is C18H22N6O. The zero-order valence-electron chi connectivity index (χ0n) is 14.4. The highest BCUT2D eigenvalue weighted by molar-refractivity contribution is 6.04. The average molecular weight is 338 g/mol. The standard InChI is InChI=1S/C18H22N6O/c1-23-6-8-24(9-7-23)14-4-5-20-16(10-14)22-18(25)15-11-19-12-21-17(15)13-2-3-13/h4-5,10-13H,2-3,6-9H2,1H3,(H,20,22,25). The first-order chi connectivity index (χ1) is 12.2. The molecule has 1 saturated heterocycles. The highest BCUT2D eigenvalue weighted by Crippen LogP contribution is 2.40. The zero-order chi connectivity index (χ0) is 17.2. The SMILES string of the molecule is CN1CCN(c2ccnc(NC(=O)c3cncnc3C3CC3)c2)CC1. The number of hydrogen-bond acceptors (Lipinski definition) is 6. The molecule has 0 unspecified atom stereocenters. The van der Waals surface area contributed by atoms with Crippen molar-refractivity contribution in [3.05, 3.63) is 42.1 Å². The zero-order valence-corrected chi connectivity index (χ0v) is 14.4. The second-order valence-corrected chi connectivity index (χ2v) is 6.74. The molecule has 130 valence electrons. The Kier molecular flexibility index (Phi) is 4.31. The summed E-state index contributed by atoms with van der Waals surface area (Å²) in [7, 11) is 2.13. The molecule has 7 nitrogen and oxygen atoms in total. The summed E-state index contributed by atoms with van der Waals surface area (Å²) in [6.45, 7) is 4.03. The maximum Gasteiger partial charge on any atom is 0.260 e. The van der Waals surface area contributed by atoms with Gasteiger partial charge in [0, 0.05) is 56.2 Å². The van der Waals surface area contributed by atoms with E-state index >= 15 is 0 Å². The van der Waals surface area contributed by atoms with Gasteiger partial charge >= 0.3 is 0 Å². The van der Waals surface area contributed by atoms with Crippen molar-refractivity contribution in [2.45, 2.75) is 18.8 Å². The third-order valence-corrected chi connectivity index (χ3v) is 4.81. The van der Waals surface area contributed by atoms with Crippen molar-refractivity contribution in [1.29, 1.82) is 0 Å². The lowest BCUT2D eigenvalue weighted by molar-refractivity contribution is 0.102. The van der Waals surface area contributed by atoms with E-state index in [0.29, 0.717) is 17.3 Å². The minimum Gasteiger partial charge on any atom is -0.369 e. The number of pyridine rings is 1. The third-order valence-electron chi connectivity index (χ3n) is 4.81. The van der Waals surface area contributed by atoms with E-state index in [1.165, 1.54) is 6.33 Å². The number of carbonyl (C=O) groups is 1. The van der Waals surface area contributed by atoms with E-state index < -0.39 is 0 Å². The highest BCUT2D eigenvalue weighted by Gasteiger charge is 2.29. The van der Waals surface area contributed by atoms with Crippen LogP contribution in [-0.4, -0.2) is 59.0 Å². The Morgan fingerprint density at radius 2 is 2.00 bits per heavy atom. The summed E-state index contributed by atoms with van der Waals surface area (Å²) >= 11 is 0. The van der Waals surface area contributed by atoms with Gasteiger partial charge in [0.05, 0.1) is 11.3 Å². The van der Waals surface area contributed by atoms with Gasteiger partial charge in [-0.2, -0.15) is 0 Å². The first-order valence-corrected chi connectivity index (χ1v) is 8.71. The lowest BCUT2D eigenvalue weighted by Gasteiger charge is -2.34. The molecule has 2 aromatic heterocycles. The van der Waals surface area contributed by atoms with Crippen molar-refractivity contribution < 1.29 is 4.79 Å². The van der Waals surface area contributed by atoms with Crippen molar-refractivity contribution in [1.82, 2.24) is 19.9 Å². The number of nitrogens with one attached hydrogen (secondary N) is 1.